The first-order valence-electron chi connectivity index (χ1n) is 10.7. The standard InChI is InChI=1S/C24H16F3IN2O9S/c25-24(26,27)40(34,35)39-28(21(30-29)23(33)38-17-11-5-2-6-12-17)19-14-8-7-13-18(19)22(32)36-15-20(31)37-16-9-3-1-4-10-16/h1-14H,15H2. The summed E-state index contributed by atoms with van der Waals surface area (Å²) in [4.78, 5) is 40.3. The molecule has 0 bridgehead atoms. The zero-order valence-electron chi connectivity index (χ0n) is 19.8. The van der Waals surface area contributed by atoms with E-state index in [9.17, 15) is 41.5 Å². The summed E-state index contributed by atoms with van der Waals surface area (Å²) in [5, 5.41) is 0. The molecule has 210 valence electrons. The third-order valence-electron chi connectivity index (χ3n) is 4.38. The molecule has 0 saturated carbocycles. The van der Waals surface area contributed by atoms with E-state index in [0.29, 0.717) is 0 Å². The maximum absolute atomic E-state index is 13.2. The number of hydrogen-bond donors (Lipinski definition) is 0. The average molecular weight is 692 g/mol. The predicted molar refractivity (Wildman–Crippen MR) is 138 cm³/mol. The van der Waals surface area contributed by atoms with Crippen molar-refractivity contribution in [2.24, 2.45) is 0 Å². The van der Waals surface area contributed by atoms with E-state index in [4.69, 9.17) is 14.2 Å². The molecule has 3 aromatic rings. The van der Waals surface area contributed by atoms with Crippen LogP contribution in [0.1, 0.15) is 10.4 Å². The van der Waals surface area contributed by atoms with Crippen molar-refractivity contribution in [3.63, 3.8) is 0 Å². The number of rotatable bonds is 10. The summed E-state index contributed by atoms with van der Waals surface area (Å²) in [5.74, 6) is -3.82. The van der Waals surface area contributed by atoms with Crippen LogP contribution in [0.3, 0.4) is 0 Å². The molecule has 0 saturated heterocycles. The van der Waals surface area contributed by atoms with Crippen molar-refractivity contribution in [1.29, 1.82) is 0 Å². The molecule has 0 unspecified atom stereocenters. The number of esters is 3. The number of carbonyl (C=O) groups excluding carboxylic acids is 3. The van der Waals surface area contributed by atoms with E-state index in [1.54, 1.807) is 24.3 Å². The first-order valence-corrected chi connectivity index (χ1v) is 15.1. The van der Waals surface area contributed by atoms with Crippen LogP contribution >= 0.6 is 20.2 Å². The third kappa shape index (κ3) is 7.95. The average Bonchev–Trinajstić information content (AvgIpc) is 2.92. The van der Waals surface area contributed by atoms with Gasteiger partial charge < -0.3 is 0 Å². The summed E-state index contributed by atoms with van der Waals surface area (Å²) in [6, 6.07) is 19.2. The van der Waals surface area contributed by atoms with Crippen molar-refractivity contribution in [3.05, 3.63) is 99.6 Å². The van der Waals surface area contributed by atoms with Gasteiger partial charge in [-0.3, -0.25) is 0 Å². The van der Waals surface area contributed by atoms with Gasteiger partial charge in [0.25, 0.3) is 0 Å². The van der Waals surface area contributed by atoms with Crippen LogP contribution in [0.15, 0.2) is 84.9 Å². The van der Waals surface area contributed by atoms with Gasteiger partial charge in [0.1, 0.15) is 0 Å². The molecule has 0 radical (unpaired) electrons. The van der Waals surface area contributed by atoms with Crippen molar-refractivity contribution < 1.29 is 57.5 Å². The fraction of sp³-hybridized carbons (Fsp3) is 0.0833. The molecule has 0 aliphatic heterocycles. The Bertz CT molecular complexity index is 1550. The molecule has 0 spiro atoms. The molecule has 0 aliphatic carbocycles. The van der Waals surface area contributed by atoms with E-state index in [1.807, 2.05) is 0 Å². The second-order valence-corrected chi connectivity index (χ2v) is 13.3. The molecule has 0 aliphatic rings. The SMILES string of the molecule is [N-]=[N+]=C(C(=O)Oc1ccccc1)I(OS(=O)(=O)C(F)(F)F)c1ccccc1C(=O)OCC(=O)Oc1ccccc1. The Kier molecular flexibility index (Phi) is 10.1. The van der Waals surface area contributed by atoms with Crippen molar-refractivity contribution >= 4 is 52.0 Å². The summed E-state index contributed by atoms with van der Waals surface area (Å²) >= 11 is -4.77. The summed E-state index contributed by atoms with van der Waals surface area (Å²) in [6.07, 6.45) is 0. The number of alkyl halides is 3. The number of carbonyl (C=O) groups is 3. The fourth-order valence-corrected chi connectivity index (χ4v) is 8.90. The topological polar surface area (TPSA) is 159 Å². The van der Waals surface area contributed by atoms with Crippen LogP contribution in [0.25, 0.3) is 5.53 Å². The molecule has 0 N–H and O–H groups in total. The zero-order valence-corrected chi connectivity index (χ0v) is 22.8. The second-order valence-electron chi connectivity index (χ2n) is 7.15. The minimum absolute atomic E-state index is 0.118. The minimum atomic E-state index is -6.37. The molecule has 3 aromatic carbocycles. The van der Waals surface area contributed by atoms with Crippen LogP contribution in [0.4, 0.5) is 13.2 Å². The van der Waals surface area contributed by atoms with E-state index in [-0.39, 0.29) is 11.5 Å². The summed E-state index contributed by atoms with van der Waals surface area (Å²) in [7, 11) is -6.37. The summed E-state index contributed by atoms with van der Waals surface area (Å²) in [6.45, 7) is -0.936. The first kappa shape index (κ1) is 30.4. The van der Waals surface area contributed by atoms with Crippen molar-refractivity contribution in [1.82, 2.24) is 0 Å². The van der Waals surface area contributed by atoms with E-state index in [0.717, 1.165) is 12.1 Å². The van der Waals surface area contributed by atoms with Gasteiger partial charge in [-0.1, -0.05) is 0 Å². The van der Waals surface area contributed by atoms with Gasteiger partial charge in [-0.25, -0.2) is 0 Å². The molecule has 0 atom stereocenters. The van der Waals surface area contributed by atoms with Gasteiger partial charge in [0.2, 0.25) is 0 Å². The molecule has 16 heteroatoms. The Labute approximate surface area is 232 Å². The number of halogens is 4. The first-order chi connectivity index (χ1) is 18.9. The number of hydrogen-bond acceptors (Lipinski definition) is 9. The number of ether oxygens (including phenoxy) is 3. The van der Waals surface area contributed by atoms with Gasteiger partial charge in [-0.05, 0) is 0 Å². The van der Waals surface area contributed by atoms with Crippen LogP contribution in [0.5, 0.6) is 11.5 Å². The molecular weight excluding hydrogens is 676 g/mol. The van der Waals surface area contributed by atoms with Crippen molar-refractivity contribution in [2.75, 3.05) is 6.61 Å². The van der Waals surface area contributed by atoms with Crippen molar-refractivity contribution in [3.8, 4) is 11.5 Å². The number of nitrogens with zero attached hydrogens (tertiary/aromatic N) is 2. The van der Waals surface area contributed by atoms with Gasteiger partial charge in [-0.15, -0.1) is 0 Å². The van der Waals surface area contributed by atoms with E-state index >= 15 is 0 Å². The molecule has 11 nitrogen and oxygen atoms in total. The third-order valence-corrected chi connectivity index (χ3v) is 11.3. The summed E-state index contributed by atoms with van der Waals surface area (Å²) < 4.78 is 81.0. The Morgan fingerprint density at radius 1 is 0.825 bits per heavy atom. The van der Waals surface area contributed by atoms with Gasteiger partial charge in [0.15, 0.2) is 0 Å². The Balaban J connectivity index is 1.94. The Hall–Kier alpha value is -4.12. The molecule has 0 fully saturated rings. The zero-order chi connectivity index (χ0) is 29.3. The monoisotopic (exact) mass is 692 g/mol. The Morgan fingerprint density at radius 2 is 1.35 bits per heavy atom. The molecule has 0 amide bonds. The van der Waals surface area contributed by atoms with Crippen LogP contribution in [-0.2, 0) is 27.0 Å². The Morgan fingerprint density at radius 3 is 1.90 bits per heavy atom. The molecule has 0 heterocycles. The van der Waals surface area contributed by atoms with Crippen LogP contribution in [-0.4, -0.2) is 46.9 Å². The normalized spacial score (nSPS) is 11.5. The number of para-hydroxylation sites is 2. The van der Waals surface area contributed by atoms with Crippen LogP contribution in [0, 0.1) is 3.57 Å². The predicted octanol–water partition coefficient (Wildman–Crippen LogP) is 4.14. The quantitative estimate of drug-likeness (QED) is 0.0579. The van der Waals surface area contributed by atoms with Gasteiger partial charge in [-0.2, -0.15) is 0 Å². The number of benzene rings is 3. The summed E-state index contributed by atoms with van der Waals surface area (Å²) in [5.41, 5.74) is 3.05. The van der Waals surface area contributed by atoms with Gasteiger partial charge >= 0.3 is 233 Å². The van der Waals surface area contributed by atoms with Crippen LogP contribution in [0.2, 0.25) is 0 Å². The van der Waals surface area contributed by atoms with E-state index in [1.165, 1.54) is 48.5 Å². The molecular formula is C24H16F3IN2O9S. The van der Waals surface area contributed by atoms with E-state index < -0.39 is 73.2 Å². The van der Waals surface area contributed by atoms with Gasteiger partial charge in [0, 0.05) is 0 Å². The van der Waals surface area contributed by atoms with Gasteiger partial charge in [0.05, 0.1) is 0 Å². The molecule has 3 rings (SSSR count). The molecule has 0 aromatic heterocycles. The fourth-order valence-electron chi connectivity index (χ4n) is 2.69. The second kappa shape index (κ2) is 13.3. The van der Waals surface area contributed by atoms with E-state index in [2.05, 4.69) is 7.30 Å². The van der Waals surface area contributed by atoms with Crippen LogP contribution < -0.4 is 9.47 Å². The maximum atomic E-state index is 13.2. The molecule has 40 heavy (non-hydrogen) atoms. The van der Waals surface area contributed by atoms with Crippen molar-refractivity contribution in [2.45, 2.75) is 5.51 Å².